The first-order chi connectivity index (χ1) is 8.65. The van der Waals surface area contributed by atoms with E-state index in [1.54, 1.807) is 43.5 Å². The number of phenolic OH excluding ortho intramolecular Hbond substituents is 1. The summed E-state index contributed by atoms with van der Waals surface area (Å²) >= 11 is 3.42. The van der Waals surface area contributed by atoms with E-state index < -0.39 is 0 Å². The molecule has 0 unspecified atom stereocenters. The molecule has 0 aliphatic rings. The molecule has 0 saturated carbocycles. The van der Waals surface area contributed by atoms with Crippen molar-refractivity contribution in [2.45, 2.75) is 0 Å². The molecule has 4 heteroatoms. The molecule has 2 aromatic carbocycles. The normalized spacial score (nSPS) is 9.83. The van der Waals surface area contributed by atoms with Crippen molar-refractivity contribution in [3.8, 4) is 28.7 Å². The van der Waals surface area contributed by atoms with Crippen LogP contribution in [0.5, 0.6) is 11.5 Å². The van der Waals surface area contributed by atoms with Crippen molar-refractivity contribution in [1.82, 2.24) is 0 Å². The van der Waals surface area contributed by atoms with Gasteiger partial charge in [0, 0.05) is 15.6 Å². The molecule has 0 aliphatic carbocycles. The number of nitriles is 1. The fraction of sp³-hybridized carbons (Fsp3) is 0.0714. The van der Waals surface area contributed by atoms with E-state index in [0.717, 1.165) is 10.0 Å². The van der Waals surface area contributed by atoms with E-state index in [9.17, 15) is 5.11 Å². The Bertz CT molecular complexity index is 632. The van der Waals surface area contributed by atoms with Crippen LogP contribution in [-0.2, 0) is 0 Å². The number of hydrogen-bond donors (Lipinski definition) is 1. The minimum absolute atomic E-state index is 0.145. The molecule has 0 aliphatic heterocycles. The van der Waals surface area contributed by atoms with Crippen LogP contribution in [0.3, 0.4) is 0 Å². The second kappa shape index (κ2) is 5.11. The van der Waals surface area contributed by atoms with Gasteiger partial charge >= 0.3 is 0 Å². The Balaban J connectivity index is 2.64. The number of halogens is 1. The highest BCUT2D eigenvalue weighted by Gasteiger charge is 2.10. The summed E-state index contributed by atoms with van der Waals surface area (Å²) in [7, 11) is 1.57. The van der Waals surface area contributed by atoms with Gasteiger partial charge in [-0.05, 0) is 36.4 Å². The summed E-state index contributed by atoms with van der Waals surface area (Å²) in [5, 5.41) is 18.8. The molecule has 0 aromatic heterocycles. The highest BCUT2D eigenvalue weighted by molar-refractivity contribution is 9.10. The molecule has 0 saturated heterocycles. The van der Waals surface area contributed by atoms with Crippen molar-refractivity contribution < 1.29 is 9.84 Å². The van der Waals surface area contributed by atoms with Gasteiger partial charge in [0.25, 0.3) is 0 Å². The van der Waals surface area contributed by atoms with Crippen LogP contribution in [0.1, 0.15) is 5.56 Å². The van der Waals surface area contributed by atoms with Gasteiger partial charge < -0.3 is 9.84 Å². The summed E-state index contributed by atoms with van der Waals surface area (Å²) in [6, 6.07) is 12.3. The first kappa shape index (κ1) is 12.5. The third-order valence-corrected chi connectivity index (χ3v) is 3.28. The number of methoxy groups -OCH3 is 1. The monoisotopic (exact) mass is 303 g/mol. The van der Waals surface area contributed by atoms with Crippen LogP contribution in [0, 0.1) is 11.3 Å². The fourth-order valence-corrected chi connectivity index (χ4v) is 2.12. The van der Waals surface area contributed by atoms with E-state index >= 15 is 0 Å². The summed E-state index contributed by atoms with van der Waals surface area (Å²) < 4.78 is 5.95. The molecule has 18 heavy (non-hydrogen) atoms. The van der Waals surface area contributed by atoms with Gasteiger partial charge in [-0.15, -0.1) is 0 Å². The fourth-order valence-electron chi connectivity index (χ4n) is 1.66. The first-order valence-corrected chi connectivity index (χ1v) is 6.02. The van der Waals surface area contributed by atoms with E-state index in [0.29, 0.717) is 16.9 Å². The molecule has 2 rings (SSSR count). The number of nitrogens with zero attached hydrogens (tertiary/aromatic N) is 1. The molecule has 0 radical (unpaired) electrons. The number of hydrogen-bond acceptors (Lipinski definition) is 3. The standard InChI is InChI=1S/C14H10BrNO2/c1-18-10-3-5-14(17)12(7-10)11-6-9(8-16)2-4-13(11)15/h2-7,17H,1H3. The molecular formula is C14H10BrNO2. The van der Waals surface area contributed by atoms with Crippen LogP contribution >= 0.6 is 15.9 Å². The molecule has 2 aromatic rings. The second-order valence-corrected chi connectivity index (χ2v) is 4.54. The maximum atomic E-state index is 9.91. The molecule has 0 amide bonds. The third-order valence-electron chi connectivity index (χ3n) is 2.59. The van der Waals surface area contributed by atoms with Crippen molar-refractivity contribution in [3.63, 3.8) is 0 Å². The molecule has 0 fully saturated rings. The van der Waals surface area contributed by atoms with Crippen LogP contribution < -0.4 is 4.74 Å². The molecular weight excluding hydrogens is 294 g/mol. The van der Waals surface area contributed by atoms with Gasteiger partial charge in [0.1, 0.15) is 11.5 Å². The minimum Gasteiger partial charge on any atom is -0.507 e. The highest BCUT2D eigenvalue weighted by atomic mass is 79.9. The van der Waals surface area contributed by atoms with Crippen molar-refractivity contribution >= 4 is 15.9 Å². The van der Waals surface area contributed by atoms with Crippen LogP contribution in [0.15, 0.2) is 40.9 Å². The molecule has 0 spiro atoms. The first-order valence-electron chi connectivity index (χ1n) is 5.22. The lowest BCUT2D eigenvalue weighted by molar-refractivity contribution is 0.412. The van der Waals surface area contributed by atoms with Crippen molar-refractivity contribution in [3.05, 3.63) is 46.4 Å². The van der Waals surface area contributed by atoms with Gasteiger partial charge in [0.2, 0.25) is 0 Å². The van der Waals surface area contributed by atoms with Gasteiger partial charge in [0.15, 0.2) is 0 Å². The Morgan fingerprint density at radius 1 is 1.17 bits per heavy atom. The van der Waals surface area contributed by atoms with E-state index in [2.05, 4.69) is 22.0 Å². The average molecular weight is 304 g/mol. The van der Waals surface area contributed by atoms with Crippen LogP contribution in [0.4, 0.5) is 0 Å². The van der Waals surface area contributed by atoms with E-state index in [1.807, 2.05) is 0 Å². The predicted molar refractivity (Wildman–Crippen MR) is 72.5 cm³/mol. The van der Waals surface area contributed by atoms with Crippen LogP contribution in [0.25, 0.3) is 11.1 Å². The number of ether oxygens (including phenoxy) is 1. The van der Waals surface area contributed by atoms with E-state index in [-0.39, 0.29) is 5.75 Å². The quantitative estimate of drug-likeness (QED) is 0.920. The minimum atomic E-state index is 0.145. The van der Waals surface area contributed by atoms with E-state index in [4.69, 9.17) is 10.00 Å². The zero-order valence-electron chi connectivity index (χ0n) is 9.64. The number of phenols is 1. The van der Waals surface area contributed by atoms with E-state index in [1.165, 1.54) is 0 Å². The Labute approximate surface area is 113 Å². The van der Waals surface area contributed by atoms with Crippen LogP contribution in [0.2, 0.25) is 0 Å². The summed E-state index contributed by atoms with van der Waals surface area (Å²) in [4.78, 5) is 0. The summed E-state index contributed by atoms with van der Waals surface area (Å²) in [6.07, 6.45) is 0. The van der Waals surface area contributed by atoms with Crippen molar-refractivity contribution in [2.24, 2.45) is 0 Å². The van der Waals surface area contributed by atoms with Crippen molar-refractivity contribution in [1.29, 1.82) is 5.26 Å². The molecule has 0 atom stereocenters. The number of aromatic hydroxyl groups is 1. The third kappa shape index (κ3) is 2.31. The van der Waals surface area contributed by atoms with Crippen LogP contribution in [-0.4, -0.2) is 12.2 Å². The Morgan fingerprint density at radius 3 is 2.61 bits per heavy atom. The zero-order chi connectivity index (χ0) is 13.1. The Hall–Kier alpha value is -1.99. The SMILES string of the molecule is COc1ccc(O)c(-c2cc(C#N)ccc2Br)c1. The smallest absolute Gasteiger partial charge is 0.123 e. The molecule has 1 N–H and O–H groups in total. The van der Waals surface area contributed by atoms with Gasteiger partial charge in [-0.2, -0.15) is 5.26 Å². The lowest BCUT2D eigenvalue weighted by Gasteiger charge is -2.09. The average Bonchev–Trinajstić information content (AvgIpc) is 2.40. The largest absolute Gasteiger partial charge is 0.507 e. The molecule has 0 heterocycles. The lowest BCUT2D eigenvalue weighted by atomic mass is 10.0. The number of benzene rings is 2. The summed E-state index contributed by atoms with van der Waals surface area (Å²) in [6.45, 7) is 0. The lowest BCUT2D eigenvalue weighted by Crippen LogP contribution is -1.87. The maximum absolute atomic E-state index is 9.91. The van der Waals surface area contributed by atoms with Gasteiger partial charge in [-0.25, -0.2) is 0 Å². The predicted octanol–water partition coefficient (Wildman–Crippen LogP) is 3.70. The number of rotatable bonds is 2. The highest BCUT2D eigenvalue weighted by Crippen LogP contribution is 2.37. The zero-order valence-corrected chi connectivity index (χ0v) is 11.2. The van der Waals surface area contributed by atoms with Gasteiger partial charge in [-0.1, -0.05) is 15.9 Å². The Kier molecular flexibility index (Phi) is 3.54. The van der Waals surface area contributed by atoms with Gasteiger partial charge in [-0.3, -0.25) is 0 Å². The Morgan fingerprint density at radius 2 is 1.94 bits per heavy atom. The maximum Gasteiger partial charge on any atom is 0.123 e. The molecule has 3 nitrogen and oxygen atoms in total. The second-order valence-electron chi connectivity index (χ2n) is 3.69. The topological polar surface area (TPSA) is 53.2 Å². The van der Waals surface area contributed by atoms with Crippen molar-refractivity contribution in [2.75, 3.05) is 7.11 Å². The molecule has 90 valence electrons. The van der Waals surface area contributed by atoms with Gasteiger partial charge in [0.05, 0.1) is 18.7 Å². The summed E-state index contributed by atoms with van der Waals surface area (Å²) in [5.41, 5.74) is 1.92. The summed E-state index contributed by atoms with van der Waals surface area (Å²) in [5.74, 6) is 0.795. The molecule has 0 bridgehead atoms.